The van der Waals surface area contributed by atoms with E-state index in [0.717, 1.165) is 25.3 Å². The Hall–Kier alpha value is -1.20. The number of rotatable bonds is 1. The molecule has 0 unspecified atom stereocenters. The lowest BCUT2D eigenvalue weighted by Gasteiger charge is -1.95. The zero-order chi connectivity index (χ0) is 10.3. The van der Waals surface area contributed by atoms with Crippen LogP contribution >= 0.6 is 27.3 Å². The Morgan fingerprint density at radius 1 is 1.13 bits per heavy atom. The lowest BCUT2D eigenvalue weighted by atomic mass is 10.1. The van der Waals surface area contributed by atoms with Gasteiger partial charge in [0.25, 0.3) is 0 Å². The van der Waals surface area contributed by atoms with Crippen molar-refractivity contribution in [1.29, 1.82) is 0 Å². The molecule has 15 heavy (non-hydrogen) atoms. The number of aromatic nitrogens is 2. The molecule has 5 heteroatoms. The van der Waals surface area contributed by atoms with Crippen LogP contribution in [0.5, 0.6) is 0 Å². The number of halogens is 1. The van der Waals surface area contributed by atoms with E-state index in [1.54, 1.807) is 11.3 Å². The van der Waals surface area contributed by atoms with Crippen molar-refractivity contribution in [2.75, 3.05) is 0 Å². The molecule has 0 aliphatic heterocycles. The third kappa shape index (κ3) is 1.48. The molecule has 2 aromatic heterocycles. The number of hydrogen-bond acceptors (Lipinski definition) is 4. The fraction of sp³-hybridized carbons (Fsp3) is 0. The van der Waals surface area contributed by atoms with Crippen LogP contribution in [0, 0.1) is 0 Å². The number of benzene rings is 1. The number of hydrogen-bond donors (Lipinski definition) is 0. The van der Waals surface area contributed by atoms with E-state index in [9.17, 15) is 0 Å². The van der Waals surface area contributed by atoms with Gasteiger partial charge in [0.15, 0.2) is 0 Å². The summed E-state index contributed by atoms with van der Waals surface area (Å²) >= 11 is 5.11. The molecule has 0 bridgehead atoms. The van der Waals surface area contributed by atoms with Crippen LogP contribution < -0.4 is 0 Å². The summed E-state index contributed by atoms with van der Waals surface area (Å²) in [5.41, 5.74) is 2.66. The molecule has 0 aliphatic rings. The van der Waals surface area contributed by atoms with E-state index < -0.39 is 0 Å². The van der Waals surface area contributed by atoms with Gasteiger partial charge >= 0.3 is 0 Å². The largest absolute Gasteiger partial charge is 0.243 e. The Morgan fingerprint density at radius 3 is 2.87 bits per heavy atom. The second-order valence-corrected chi connectivity index (χ2v) is 5.50. The summed E-state index contributed by atoms with van der Waals surface area (Å²) in [6.07, 6.45) is 0. The summed E-state index contributed by atoms with van der Waals surface area (Å²) in [5, 5.41) is 7.73. The van der Waals surface area contributed by atoms with Crippen molar-refractivity contribution in [1.82, 2.24) is 10.3 Å². The molecule has 0 spiro atoms. The van der Waals surface area contributed by atoms with E-state index >= 15 is 0 Å². The zero-order valence-corrected chi connectivity index (χ0v) is 9.88. The van der Waals surface area contributed by atoms with Gasteiger partial charge in [-0.2, -0.15) is 0 Å². The number of thiophene rings is 1. The molecule has 3 nitrogen and oxygen atoms in total. The summed E-state index contributed by atoms with van der Waals surface area (Å²) in [5.74, 6) is 0. The molecule has 3 aromatic rings. The quantitative estimate of drug-likeness (QED) is 0.682. The van der Waals surface area contributed by atoms with Crippen LogP contribution in [-0.2, 0) is 0 Å². The highest BCUT2D eigenvalue weighted by molar-refractivity contribution is 9.11. The predicted molar refractivity (Wildman–Crippen MR) is 62.8 cm³/mol. The summed E-state index contributed by atoms with van der Waals surface area (Å²) in [6.45, 7) is 0. The molecular formula is C10H5BrN2OS. The number of nitrogens with zero attached hydrogens (tertiary/aromatic N) is 2. The fourth-order valence-corrected chi connectivity index (χ4v) is 2.88. The molecular weight excluding hydrogens is 276 g/mol. The van der Waals surface area contributed by atoms with Gasteiger partial charge in [-0.1, -0.05) is 12.1 Å². The minimum Gasteiger partial charge on any atom is -0.243 e. The molecule has 74 valence electrons. The van der Waals surface area contributed by atoms with Crippen molar-refractivity contribution >= 4 is 38.3 Å². The third-order valence-electron chi connectivity index (χ3n) is 2.12. The summed E-state index contributed by atoms with van der Waals surface area (Å²) in [6, 6.07) is 9.93. The molecule has 0 radical (unpaired) electrons. The highest BCUT2D eigenvalue weighted by Crippen LogP contribution is 2.34. The normalized spacial score (nSPS) is 11.0. The van der Waals surface area contributed by atoms with E-state index in [1.165, 1.54) is 0 Å². The van der Waals surface area contributed by atoms with E-state index in [0.29, 0.717) is 0 Å². The van der Waals surface area contributed by atoms with Crippen LogP contribution in [0.3, 0.4) is 0 Å². The summed E-state index contributed by atoms with van der Waals surface area (Å²) in [4.78, 5) is 1.16. The smallest absolute Gasteiger partial charge is 0.143 e. The van der Waals surface area contributed by atoms with Crippen LogP contribution in [-0.4, -0.2) is 10.3 Å². The average Bonchev–Trinajstić information content (AvgIpc) is 2.84. The SMILES string of the molecule is Brc1ccc(-c2cccc3nonc23)s1. The first kappa shape index (κ1) is 9.06. The maximum atomic E-state index is 4.73. The molecule has 0 saturated heterocycles. The van der Waals surface area contributed by atoms with E-state index in [2.05, 4.69) is 32.3 Å². The fourth-order valence-electron chi connectivity index (χ4n) is 1.46. The summed E-state index contributed by atoms with van der Waals surface area (Å²) in [7, 11) is 0. The first-order valence-corrected chi connectivity index (χ1v) is 5.92. The van der Waals surface area contributed by atoms with Gasteiger partial charge in [0.1, 0.15) is 11.0 Å². The van der Waals surface area contributed by atoms with Gasteiger partial charge in [-0.15, -0.1) is 11.3 Å². The Bertz CT molecular complexity index is 616. The maximum Gasteiger partial charge on any atom is 0.143 e. The van der Waals surface area contributed by atoms with Crippen molar-refractivity contribution in [3.63, 3.8) is 0 Å². The Labute approximate surface area is 97.8 Å². The average molecular weight is 281 g/mol. The molecule has 2 heterocycles. The van der Waals surface area contributed by atoms with Crippen molar-refractivity contribution in [2.24, 2.45) is 0 Å². The lowest BCUT2D eigenvalue weighted by Crippen LogP contribution is -1.75. The van der Waals surface area contributed by atoms with Gasteiger partial charge < -0.3 is 0 Å². The van der Waals surface area contributed by atoms with Gasteiger partial charge in [-0.3, -0.25) is 0 Å². The Balaban J connectivity index is 2.30. The standard InChI is InChI=1S/C10H5BrN2OS/c11-9-5-4-8(15-9)6-2-1-3-7-10(6)13-14-12-7/h1-5H. The second kappa shape index (κ2) is 3.43. The summed E-state index contributed by atoms with van der Waals surface area (Å²) < 4.78 is 5.83. The van der Waals surface area contributed by atoms with Crippen LogP contribution in [0.2, 0.25) is 0 Å². The number of fused-ring (bicyclic) bond motifs is 1. The Kier molecular flexibility index (Phi) is 2.07. The van der Waals surface area contributed by atoms with Crippen molar-refractivity contribution < 1.29 is 4.63 Å². The molecule has 3 rings (SSSR count). The second-order valence-electron chi connectivity index (χ2n) is 3.04. The van der Waals surface area contributed by atoms with E-state index in [1.807, 2.05) is 24.3 Å². The molecule has 0 amide bonds. The molecule has 0 fully saturated rings. The molecule has 0 N–H and O–H groups in total. The highest BCUT2D eigenvalue weighted by Gasteiger charge is 2.09. The molecule has 0 atom stereocenters. The van der Waals surface area contributed by atoms with E-state index in [-0.39, 0.29) is 0 Å². The first-order valence-electron chi connectivity index (χ1n) is 4.31. The predicted octanol–water partition coefficient (Wildman–Crippen LogP) is 3.71. The van der Waals surface area contributed by atoms with Gasteiger partial charge in [-0.25, -0.2) is 4.63 Å². The molecule has 1 aromatic carbocycles. The van der Waals surface area contributed by atoms with Crippen molar-refractivity contribution in [2.45, 2.75) is 0 Å². The van der Waals surface area contributed by atoms with Gasteiger partial charge in [0, 0.05) is 10.4 Å². The first-order chi connectivity index (χ1) is 7.34. The minimum absolute atomic E-state index is 0.789. The third-order valence-corrected chi connectivity index (χ3v) is 3.78. The highest BCUT2D eigenvalue weighted by atomic mass is 79.9. The van der Waals surface area contributed by atoms with Gasteiger partial charge in [0.2, 0.25) is 0 Å². The van der Waals surface area contributed by atoms with Crippen LogP contribution in [0.15, 0.2) is 38.7 Å². The van der Waals surface area contributed by atoms with Crippen molar-refractivity contribution in [3.8, 4) is 10.4 Å². The van der Waals surface area contributed by atoms with E-state index in [4.69, 9.17) is 4.63 Å². The van der Waals surface area contributed by atoms with Crippen LogP contribution in [0.25, 0.3) is 21.5 Å². The maximum absolute atomic E-state index is 4.73. The van der Waals surface area contributed by atoms with Crippen LogP contribution in [0.4, 0.5) is 0 Å². The lowest BCUT2D eigenvalue weighted by molar-refractivity contribution is 0.315. The van der Waals surface area contributed by atoms with Gasteiger partial charge in [0.05, 0.1) is 3.79 Å². The topological polar surface area (TPSA) is 38.9 Å². The molecule has 0 aliphatic carbocycles. The van der Waals surface area contributed by atoms with Crippen molar-refractivity contribution in [3.05, 3.63) is 34.1 Å². The Morgan fingerprint density at radius 2 is 2.07 bits per heavy atom. The zero-order valence-electron chi connectivity index (χ0n) is 7.48. The van der Waals surface area contributed by atoms with Gasteiger partial charge in [-0.05, 0) is 44.4 Å². The van der Waals surface area contributed by atoms with Crippen LogP contribution in [0.1, 0.15) is 0 Å². The monoisotopic (exact) mass is 280 g/mol. The minimum atomic E-state index is 0.789. The molecule has 0 saturated carbocycles.